The molecular weight excluding hydrogens is 436 g/mol. The summed E-state index contributed by atoms with van der Waals surface area (Å²) < 4.78 is 33.2. The molecule has 1 N–H and O–H groups in total. The van der Waals surface area contributed by atoms with Gasteiger partial charge in [-0.1, -0.05) is 23.7 Å². The molecule has 1 heterocycles. The molecule has 0 saturated carbocycles. The molecule has 0 bridgehead atoms. The maximum Gasteiger partial charge on any atom is 0.264 e. The molecule has 0 radical (unpaired) electrons. The van der Waals surface area contributed by atoms with Gasteiger partial charge in [0.05, 0.1) is 23.4 Å². The number of hydrogen-bond donors (Lipinski definition) is 1. The van der Waals surface area contributed by atoms with Crippen molar-refractivity contribution in [3.63, 3.8) is 0 Å². The molecular formula is C23H21ClN2O4S. The lowest BCUT2D eigenvalue weighted by Crippen LogP contribution is -2.35. The van der Waals surface area contributed by atoms with Crippen LogP contribution in [0.2, 0.25) is 5.02 Å². The highest BCUT2D eigenvalue weighted by molar-refractivity contribution is 7.92. The third-order valence-corrected chi connectivity index (χ3v) is 7.41. The summed E-state index contributed by atoms with van der Waals surface area (Å²) in [5.41, 5.74) is 2.40. The van der Waals surface area contributed by atoms with Crippen LogP contribution in [0.4, 0.5) is 11.4 Å². The summed E-state index contributed by atoms with van der Waals surface area (Å²) in [7, 11) is -2.21. The van der Waals surface area contributed by atoms with Crippen molar-refractivity contribution in [3.8, 4) is 5.75 Å². The number of methoxy groups -OCH3 is 1. The smallest absolute Gasteiger partial charge is 0.264 e. The van der Waals surface area contributed by atoms with Crippen molar-refractivity contribution in [1.82, 2.24) is 0 Å². The van der Waals surface area contributed by atoms with Gasteiger partial charge in [-0.15, -0.1) is 0 Å². The Morgan fingerprint density at radius 1 is 1.10 bits per heavy atom. The Morgan fingerprint density at radius 3 is 2.52 bits per heavy atom. The molecule has 1 amide bonds. The van der Waals surface area contributed by atoms with E-state index in [0.29, 0.717) is 34.1 Å². The van der Waals surface area contributed by atoms with Gasteiger partial charge in [0.1, 0.15) is 5.75 Å². The van der Waals surface area contributed by atoms with Crippen molar-refractivity contribution in [1.29, 1.82) is 0 Å². The molecule has 8 heteroatoms. The second-order valence-electron chi connectivity index (χ2n) is 7.31. The number of rotatable bonds is 5. The van der Waals surface area contributed by atoms with Gasteiger partial charge in [0, 0.05) is 16.6 Å². The van der Waals surface area contributed by atoms with E-state index in [1.807, 2.05) is 19.1 Å². The largest absolute Gasteiger partial charge is 0.495 e. The molecule has 0 unspecified atom stereocenters. The predicted octanol–water partition coefficient (Wildman–Crippen LogP) is 4.74. The maximum absolute atomic E-state index is 13.2. The molecule has 0 aromatic heterocycles. The number of para-hydroxylation sites is 2. The van der Waals surface area contributed by atoms with Crippen LogP contribution < -0.4 is 14.4 Å². The summed E-state index contributed by atoms with van der Waals surface area (Å²) in [6, 6.07) is 18.0. The predicted molar refractivity (Wildman–Crippen MR) is 122 cm³/mol. The Labute approximate surface area is 186 Å². The van der Waals surface area contributed by atoms with E-state index in [1.54, 1.807) is 42.5 Å². The quantitative estimate of drug-likeness (QED) is 0.601. The summed E-state index contributed by atoms with van der Waals surface area (Å²) in [5, 5.41) is 3.32. The minimum Gasteiger partial charge on any atom is -0.495 e. The third-order valence-electron chi connectivity index (χ3n) is 5.22. The molecule has 6 nitrogen and oxygen atoms in total. The number of carbonyl (C=O) groups is 1. The lowest BCUT2D eigenvalue weighted by molar-refractivity contribution is 0.102. The highest BCUT2D eigenvalue weighted by Crippen LogP contribution is 2.37. The normalized spacial score (nSPS) is 15.5. The van der Waals surface area contributed by atoms with Crippen LogP contribution in [0.25, 0.3) is 0 Å². The van der Waals surface area contributed by atoms with Crippen LogP contribution in [0, 0.1) is 0 Å². The fourth-order valence-electron chi connectivity index (χ4n) is 3.77. The van der Waals surface area contributed by atoms with Crippen LogP contribution in [0.5, 0.6) is 5.75 Å². The zero-order valence-electron chi connectivity index (χ0n) is 17.0. The summed E-state index contributed by atoms with van der Waals surface area (Å²) in [6.45, 7) is 1.85. The summed E-state index contributed by atoms with van der Waals surface area (Å²) in [6.07, 6.45) is 0.512. The highest BCUT2D eigenvalue weighted by Gasteiger charge is 2.36. The Morgan fingerprint density at radius 2 is 1.81 bits per heavy atom. The number of carbonyl (C=O) groups excluding carboxylic acids is 1. The number of nitrogens with one attached hydrogen (secondary N) is 1. The first kappa shape index (κ1) is 21.2. The van der Waals surface area contributed by atoms with E-state index in [9.17, 15) is 13.2 Å². The summed E-state index contributed by atoms with van der Waals surface area (Å²) in [5.74, 6) is 0.268. The standard InChI is InChI=1S/C23H21ClN2O4S/c1-15-13-17-14-16(23(27)25-20-5-3-4-6-22(20)30-2)7-12-21(17)26(15)31(28,29)19-10-8-18(24)9-11-19/h3-12,14-15H,13H2,1-2H3,(H,25,27)/t15-/m0/s1. The van der Waals surface area contributed by atoms with E-state index < -0.39 is 10.0 Å². The number of halogens is 1. The molecule has 0 spiro atoms. The van der Waals surface area contributed by atoms with Crippen LogP contribution >= 0.6 is 11.6 Å². The fourth-order valence-corrected chi connectivity index (χ4v) is 5.59. The van der Waals surface area contributed by atoms with Crippen molar-refractivity contribution in [2.75, 3.05) is 16.7 Å². The number of anilines is 2. The number of nitrogens with zero attached hydrogens (tertiary/aromatic N) is 1. The van der Waals surface area contributed by atoms with E-state index >= 15 is 0 Å². The van der Waals surface area contributed by atoms with E-state index in [1.165, 1.54) is 23.5 Å². The molecule has 160 valence electrons. The molecule has 1 atom stereocenters. The summed E-state index contributed by atoms with van der Waals surface area (Å²) in [4.78, 5) is 13.0. The molecule has 0 fully saturated rings. The first-order chi connectivity index (χ1) is 14.8. The van der Waals surface area contributed by atoms with Gasteiger partial charge in [0.2, 0.25) is 0 Å². The first-order valence-corrected chi connectivity index (χ1v) is 11.5. The van der Waals surface area contributed by atoms with E-state index in [4.69, 9.17) is 16.3 Å². The number of ether oxygens (including phenoxy) is 1. The molecule has 1 aliphatic rings. The van der Waals surface area contributed by atoms with Crippen LogP contribution in [0.3, 0.4) is 0 Å². The van der Waals surface area contributed by atoms with Gasteiger partial charge in [-0.3, -0.25) is 9.10 Å². The lowest BCUT2D eigenvalue weighted by atomic mass is 10.1. The van der Waals surface area contributed by atoms with Crippen molar-refractivity contribution in [3.05, 3.63) is 82.9 Å². The van der Waals surface area contributed by atoms with Crippen LogP contribution in [-0.2, 0) is 16.4 Å². The zero-order chi connectivity index (χ0) is 22.2. The second-order valence-corrected chi connectivity index (χ2v) is 9.56. The minimum atomic E-state index is -3.75. The van der Waals surface area contributed by atoms with Gasteiger partial charge < -0.3 is 10.1 Å². The molecule has 3 aromatic carbocycles. The molecule has 31 heavy (non-hydrogen) atoms. The van der Waals surface area contributed by atoms with Gasteiger partial charge >= 0.3 is 0 Å². The minimum absolute atomic E-state index is 0.176. The van der Waals surface area contributed by atoms with E-state index in [-0.39, 0.29) is 16.8 Å². The number of hydrogen-bond acceptors (Lipinski definition) is 4. The SMILES string of the molecule is COc1ccccc1NC(=O)c1ccc2c(c1)C[C@H](C)N2S(=O)(=O)c1ccc(Cl)cc1. The van der Waals surface area contributed by atoms with Gasteiger partial charge in [-0.2, -0.15) is 0 Å². The fraction of sp³-hybridized carbons (Fsp3) is 0.174. The highest BCUT2D eigenvalue weighted by atomic mass is 35.5. The summed E-state index contributed by atoms with van der Waals surface area (Å²) >= 11 is 5.90. The van der Waals surface area contributed by atoms with Crippen molar-refractivity contribution < 1.29 is 17.9 Å². The van der Waals surface area contributed by atoms with Gasteiger partial charge in [-0.05, 0) is 73.5 Å². The topological polar surface area (TPSA) is 75.7 Å². The monoisotopic (exact) mass is 456 g/mol. The van der Waals surface area contributed by atoms with Crippen LogP contribution in [0.1, 0.15) is 22.8 Å². The van der Waals surface area contributed by atoms with E-state index in [2.05, 4.69) is 5.32 Å². The Hall–Kier alpha value is -3.03. The van der Waals surface area contributed by atoms with Gasteiger partial charge in [0.25, 0.3) is 15.9 Å². The van der Waals surface area contributed by atoms with Crippen LogP contribution in [-0.4, -0.2) is 27.5 Å². The van der Waals surface area contributed by atoms with Gasteiger partial charge in [-0.25, -0.2) is 8.42 Å². The number of benzene rings is 3. The average molecular weight is 457 g/mol. The molecule has 0 aliphatic carbocycles. The second kappa shape index (κ2) is 8.24. The Bertz CT molecular complexity index is 1240. The number of fused-ring (bicyclic) bond motifs is 1. The molecule has 0 saturated heterocycles. The maximum atomic E-state index is 13.2. The third kappa shape index (κ3) is 3.98. The van der Waals surface area contributed by atoms with Crippen molar-refractivity contribution >= 4 is 38.9 Å². The Kier molecular flexibility index (Phi) is 5.64. The van der Waals surface area contributed by atoms with Crippen LogP contribution in [0.15, 0.2) is 71.6 Å². The molecule has 3 aromatic rings. The average Bonchev–Trinajstić information content (AvgIpc) is 3.10. The van der Waals surface area contributed by atoms with Crippen molar-refractivity contribution in [2.24, 2.45) is 0 Å². The molecule has 4 rings (SSSR count). The Balaban J connectivity index is 1.63. The first-order valence-electron chi connectivity index (χ1n) is 9.68. The van der Waals surface area contributed by atoms with Gasteiger partial charge in [0.15, 0.2) is 0 Å². The zero-order valence-corrected chi connectivity index (χ0v) is 18.6. The number of sulfonamides is 1. The van der Waals surface area contributed by atoms with Crippen molar-refractivity contribution in [2.45, 2.75) is 24.3 Å². The van der Waals surface area contributed by atoms with E-state index in [0.717, 1.165) is 5.56 Å². The molecule has 1 aliphatic heterocycles. The lowest BCUT2D eigenvalue weighted by Gasteiger charge is -2.24. The number of amides is 1.